The van der Waals surface area contributed by atoms with Crippen molar-refractivity contribution in [1.29, 1.82) is 0 Å². The summed E-state index contributed by atoms with van der Waals surface area (Å²) in [6.45, 7) is 0. The van der Waals surface area contributed by atoms with E-state index in [-0.39, 0.29) is 0 Å². The quantitative estimate of drug-likeness (QED) is 0.149. The Morgan fingerprint density at radius 3 is 1.65 bits per heavy atom. The molecule has 0 fully saturated rings. The van der Waals surface area contributed by atoms with Crippen molar-refractivity contribution in [3.05, 3.63) is 255 Å². The predicted octanol–water partition coefficient (Wildman–Crippen LogP) is 19.8. The highest BCUT2D eigenvalue weighted by Gasteiger charge is 2.24. The molecular formula is C68H42N2OS. The third-order valence-electron chi connectivity index (χ3n) is 14.8. The second-order valence-corrected chi connectivity index (χ2v) is 19.8. The van der Waals surface area contributed by atoms with E-state index < -0.39 is 0 Å². The van der Waals surface area contributed by atoms with E-state index in [2.05, 4.69) is 258 Å². The van der Waals surface area contributed by atoms with Gasteiger partial charge in [-0.2, -0.15) is 0 Å². The first kappa shape index (κ1) is 40.6. The van der Waals surface area contributed by atoms with Crippen LogP contribution in [0.5, 0.6) is 0 Å². The van der Waals surface area contributed by atoms with Crippen LogP contribution in [0.1, 0.15) is 0 Å². The summed E-state index contributed by atoms with van der Waals surface area (Å²) in [6.07, 6.45) is 0. The molecule has 0 radical (unpaired) electrons. The molecule has 0 amide bonds. The second kappa shape index (κ2) is 16.2. The molecule has 0 saturated heterocycles. The second-order valence-electron chi connectivity index (χ2n) is 18.7. The molecule has 0 spiro atoms. The molecule has 15 rings (SSSR count). The van der Waals surface area contributed by atoms with Gasteiger partial charge in [-0.15, -0.1) is 11.3 Å². The summed E-state index contributed by atoms with van der Waals surface area (Å²) in [4.78, 5) is 2.46. The van der Waals surface area contributed by atoms with Gasteiger partial charge in [0, 0.05) is 64.2 Å². The number of benzene rings is 12. The SMILES string of the molecule is c1ccc(-n2c3ccccc3c3ccccc32)c(-c2ccc(N(c3ccc(-c4cc5ccccc5c5ccccc45)cc3)c3ccc(-c4cccc5oc6ccccc6c45)cc3)c3c2sc2ccccc23)c1. The van der Waals surface area contributed by atoms with Crippen molar-refractivity contribution in [3.8, 4) is 39.1 Å². The van der Waals surface area contributed by atoms with Crippen molar-refractivity contribution in [2.75, 3.05) is 4.90 Å². The van der Waals surface area contributed by atoms with Gasteiger partial charge in [0.2, 0.25) is 0 Å². The molecule has 0 aliphatic heterocycles. The van der Waals surface area contributed by atoms with Crippen LogP contribution >= 0.6 is 11.3 Å². The Balaban J connectivity index is 0.943. The van der Waals surface area contributed by atoms with E-state index in [1.54, 1.807) is 0 Å². The maximum absolute atomic E-state index is 6.35. The summed E-state index contributed by atoms with van der Waals surface area (Å²) in [5.41, 5.74) is 15.7. The molecular weight excluding hydrogens is 893 g/mol. The lowest BCUT2D eigenvalue weighted by Crippen LogP contribution is -2.10. The lowest BCUT2D eigenvalue weighted by molar-refractivity contribution is 0.669. The van der Waals surface area contributed by atoms with Crippen LogP contribution in [0.25, 0.3) is 125 Å². The van der Waals surface area contributed by atoms with Gasteiger partial charge in [-0.3, -0.25) is 0 Å². The van der Waals surface area contributed by atoms with E-state index in [4.69, 9.17) is 4.42 Å². The molecule has 0 atom stereocenters. The Bertz CT molecular complexity index is 4580. The fraction of sp³-hybridized carbons (Fsp3) is 0. The van der Waals surface area contributed by atoms with Crippen molar-refractivity contribution < 1.29 is 4.42 Å². The van der Waals surface area contributed by atoms with Gasteiger partial charge in [-0.1, -0.05) is 182 Å². The number of para-hydroxylation sites is 4. The summed E-state index contributed by atoms with van der Waals surface area (Å²) in [7, 11) is 0. The highest BCUT2D eigenvalue weighted by Crippen LogP contribution is 2.50. The summed E-state index contributed by atoms with van der Waals surface area (Å²) in [5, 5.41) is 12.3. The maximum atomic E-state index is 6.35. The molecule has 3 aromatic heterocycles. The first-order valence-electron chi connectivity index (χ1n) is 24.6. The van der Waals surface area contributed by atoms with Crippen LogP contribution in [-0.4, -0.2) is 4.57 Å². The van der Waals surface area contributed by atoms with Gasteiger partial charge in [0.05, 0.1) is 22.4 Å². The minimum atomic E-state index is 0.894. The fourth-order valence-electron chi connectivity index (χ4n) is 11.6. The van der Waals surface area contributed by atoms with E-state index in [9.17, 15) is 0 Å². The van der Waals surface area contributed by atoms with E-state index in [1.807, 2.05) is 17.4 Å². The lowest BCUT2D eigenvalue weighted by Gasteiger charge is -2.28. The van der Waals surface area contributed by atoms with Gasteiger partial charge >= 0.3 is 0 Å². The zero-order chi connectivity index (χ0) is 47.3. The van der Waals surface area contributed by atoms with Gasteiger partial charge in [-0.25, -0.2) is 0 Å². The average Bonchev–Trinajstić information content (AvgIpc) is 4.14. The molecule has 0 aliphatic rings. The molecule has 0 bridgehead atoms. The number of furan rings is 1. The van der Waals surface area contributed by atoms with E-state index >= 15 is 0 Å². The number of rotatable bonds is 7. The van der Waals surface area contributed by atoms with Crippen LogP contribution in [0.4, 0.5) is 17.1 Å². The van der Waals surface area contributed by atoms with Crippen LogP contribution in [0.3, 0.4) is 0 Å². The van der Waals surface area contributed by atoms with Gasteiger partial charge < -0.3 is 13.9 Å². The Kier molecular flexibility index (Phi) is 9.13. The van der Waals surface area contributed by atoms with Gasteiger partial charge in [0.1, 0.15) is 11.2 Å². The molecule has 3 heterocycles. The number of fused-ring (bicyclic) bond motifs is 12. The smallest absolute Gasteiger partial charge is 0.136 e. The number of thiophene rings is 1. The average molecular weight is 935 g/mol. The van der Waals surface area contributed by atoms with Gasteiger partial charge in [0.15, 0.2) is 0 Å². The van der Waals surface area contributed by atoms with Crippen LogP contribution in [-0.2, 0) is 0 Å². The third-order valence-corrected chi connectivity index (χ3v) is 16.0. The maximum Gasteiger partial charge on any atom is 0.136 e. The summed E-state index contributed by atoms with van der Waals surface area (Å²) >= 11 is 1.88. The zero-order valence-corrected chi connectivity index (χ0v) is 39.8. The molecule has 12 aromatic carbocycles. The lowest BCUT2D eigenvalue weighted by atomic mass is 9.93. The van der Waals surface area contributed by atoms with E-state index in [0.717, 1.165) is 55.8 Å². The number of nitrogens with zero attached hydrogens (tertiary/aromatic N) is 2. The summed E-state index contributed by atoms with van der Waals surface area (Å²) in [6, 6.07) is 93.0. The number of hydrogen-bond donors (Lipinski definition) is 0. The number of hydrogen-bond acceptors (Lipinski definition) is 3. The minimum Gasteiger partial charge on any atom is -0.456 e. The molecule has 15 aromatic rings. The molecule has 72 heavy (non-hydrogen) atoms. The van der Waals surface area contributed by atoms with Crippen LogP contribution in [0.15, 0.2) is 259 Å². The van der Waals surface area contributed by atoms with Gasteiger partial charge in [-0.05, 0) is 117 Å². The molecule has 0 aliphatic carbocycles. The van der Waals surface area contributed by atoms with E-state index in [1.165, 1.54) is 85.8 Å². The van der Waals surface area contributed by atoms with Crippen molar-refractivity contribution in [1.82, 2.24) is 4.57 Å². The molecule has 0 unspecified atom stereocenters. The highest BCUT2D eigenvalue weighted by atomic mass is 32.1. The third kappa shape index (κ3) is 6.23. The number of aromatic nitrogens is 1. The predicted molar refractivity (Wildman–Crippen MR) is 307 cm³/mol. The van der Waals surface area contributed by atoms with Crippen molar-refractivity contribution >= 4 is 114 Å². The van der Waals surface area contributed by atoms with Gasteiger partial charge in [0.25, 0.3) is 0 Å². The van der Waals surface area contributed by atoms with Crippen LogP contribution in [0, 0.1) is 0 Å². The summed E-state index contributed by atoms with van der Waals surface area (Å²) in [5.74, 6) is 0. The van der Waals surface area contributed by atoms with Crippen LogP contribution in [0.2, 0.25) is 0 Å². The van der Waals surface area contributed by atoms with Crippen molar-refractivity contribution in [3.63, 3.8) is 0 Å². The molecule has 3 nitrogen and oxygen atoms in total. The highest BCUT2D eigenvalue weighted by molar-refractivity contribution is 7.26. The minimum absolute atomic E-state index is 0.894. The molecule has 0 N–H and O–H groups in total. The Hall–Kier alpha value is -9.22. The zero-order valence-electron chi connectivity index (χ0n) is 39.0. The fourth-order valence-corrected chi connectivity index (χ4v) is 12.9. The first-order chi connectivity index (χ1) is 35.7. The normalized spacial score (nSPS) is 11.9. The van der Waals surface area contributed by atoms with Crippen LogP contribution < -0.4 is 4.90 Å². The van der Waals surface area contributed by atoms with E-state index in [0.29, 0.717) is 0 Å². The standard InChI is InChI=1S/C68H42N2OS/c1-2-17-48-45(16-1)42-58(51-19-4-3-18-50(48)51)44-34-38-47(39-35-44)69(46-36-32-43(33-37-46)49-25-15-30-64-66(49)56-23-8-13-29-63(56)71-64)62-41-40-55(68-67(62)57-24-9-14-31-65(57)72-68)54-22-7-12-28-61(54)70-59-26-10-5-20-52(59)53-21-6-11-27-60(53)70/h1-42H. The molecule has 4 heteroatoms. The summed E-state index contributed by atoms with van der Waals surface area (Å²) < 4.78 is 11.3. The van der Waals surface area contributed by atoms with Crippen molar-refractivity contribution in [2.24, 2.45) is 0 Å². The Morgan fingerprint density at radius 1 is 0.347 bits per heavy atom. The largest absolute Gasteiger partial charge is 0.456 e. The van der Waals surface area contributed by atoms with Crippen molar-refractivity contribution in [2.45, 2.75) is 0 Å². The Morgan fingerprint density at radius 2 is 0.903 bits per heavy atom. The molecule has 336 valence electrons. The first-order valence-corrected chi connectivity index (χ1v) is 25.4. The monoisotopic (exact) mass is 934 g/mol. The Labute approximate surface area is 419 Å². The topological polar surface area (TPSA) is 21.3 Å². The molecule has 0 saturated carbocycles. The number of anilines is 3.